The van der Waals surface area contributed by atoms with Gasteiger partial charge in [0.15, 0.2) is 0 Å². The lowest BCUT2D eigenvalue weighted by Crippen LogP contribution is -2.21. The zero-order chi connectivity index (χ0) is 14.0. The first kappa shape index (κ1) is 13.9. The molecule has 0 spiro atoms. The van der Waals surface area contributed by atoms with Crippen molar-refractivity contribution in [2.45, 2.75) is 32.9 Å². The van der Waals surface area contributed by atoms with Crippen LogP contribution in [0.3, 0.4) is 0 Å². The van der Waals surface area contributed by atoms with Gasteiger partial charge in [-0.25, -0.2) is 4.39 Å². The van der Waals surface area contributed by atoms with Crippen molar-refractivity contribution in [1.29, 1.82) is 0 Å². The molecule has 0 aliphatic rings. The molecule has 0 unspecified atom stereocenters. The third-order valence-electron chi connectivity index (χ3n) is 2.74. The highest BCUT2D eigenvalue weighted by atomic mass is 35.5. The van der Waals surface area contributed by atoms with Crippen LogP contribution in [0.2, 0.25) is 5.02 Å². The molecular weight excluding hydrogens is 265 g/mol. The van der Waals surface area contributed by atoms with Crippen LogP contribution in [-0.2, 0) is 12.1 Å². The van der Waals surface area contributed by atoms with Gasteiger partial charge in [-0.3, -0.25) is 4.68 Å². The minimum Gasteiger partial charge on any atom is -0.378 e. The van der Waals surface area contributed by atoms with Gasteiger partial charge in [0.1, 0.15) is 5.82 Å². The second-order valence-corrected chi connectivity index (χ2v) is 5.88. The Hall–Kier alpha value is -1.55. The molecule has 1 aromatic heterocycles. The number of hydrogen-bond acceptors (Lipinski definition) is 2. The van der Waals surface area contributed by atoms with E-state index in [-0.39, 0.29) is 11.4 Å². The van der Waals surface area contributed by atoms with Crippen LogP contribution in [0.25, 0.3) is 0 Å². The monoisotopic (exact) mass is 281 g/mol. The number of nitrogens with one attached hydrogen (secondary N) is 1. The summed E-state index contributed by atoms with van der Waals surface area (Å²) in [5.41, 5.74) is 1.39. The Morgan fingerprint density at radius 1 is 1.37 bits per heavy atom. The maximum atomic E-state index is 13.6. The lowest BCUT2D eigenvalue weighted by Gasteiger charge is -2.18. The van der Waals surface area contributed by atoms with E-state index < -0.39 is 0 Å². The first-order chi connectivity index (χ1) is 8.86. The number of halogens is 2. The van der Waals surface area contributed by atoms with E-state index in [1.54, 1.807) is 18.3 Å². The fourth-order valence-electron chi connectivity index (χ4n) is 1.65. The van der Waals surface area contributed by atoms with Gasteiger partial charge < -0.3 is 5.32 Å². The molecule has 0 fully saturated rings. The molecule has 102 valence electrons. The molecule has 1 aromatic carbocycles. The lowest BCUT2D eigenvalue weighted by atomic mass is 10.1. The minimum absolute atomic E-state index is 0.0518. The van der Waals surface area contributed by atoms with Crippen LogP contribution in [0.4, 0.5) is 10.1 Å². The first-order valence-corrected chi connectivity index (χ1v) is 6.47. The summed E-state index contributed by atoms with van der Waals surface area (Å²) in [5.74, 6) is -0.351. The molecule has 0 radical (unpaired) electrons. The average Bonchev–Trinajstić information content (AvgIpc) is 2.76. The third-order valence-corrected chi connectivity index (χ3v) is 2.97. The zero-order valence-electron chi connectivity index (χ0n) is 11.2. The molecule has 2 aromatic rings. The van der Waals surface area contributed by atoms with Crippen molar-refractivity contribution in [1.82, 2.24) is 9.78 Å². The van der Waals surface area contributed by atoms with E-state index in [0.29, 0.717) is 17.3 Å². The molecule has 0 amide bonds. The van der Waals surface area contributed by atoms with Crippen LogP contribution >= 0.6 is 11.6 Å². The van der Waals surface area contributed by atoms with Gasteiger partial charge in [-0.15, -0.1) is 0 Å². The van der Waals surface area contributed by atoms with E-state index in [4.69, 9.17) is 11.6 Å². The topological polar surface area (TPSA) is 29.9 Å². The number of rotatable bonds is 3. The molecule has 3 nitrogen and oxygen atoms in total. The van der Waals surface area contributed by atoms with Gasteiger partial charge in [0, 0.05) is 23.3 Å². The van der Waals surface area contributed by atoms with Crippen LogP contribution in [-0.4, -0.2) is 9.78 Å². The summed E-state index contributed by atoms with van der Waals surface area (Å²) in [6.07, 6.45) is 3.74. The van der Waals surface area contributed by atoms with Crippen LogP contribution in [0.1, 0.15) is 26.3 Å². The van der Waals surface area contributed by atoms with Crippen LogP contribution in [0.15, 0.2) is 30.6 Å². The summed E-state index contributed by atoms with van der Waals surface area (Å²) >= 11 is 5.71. The second-order valence-electron chi connectivity index (χ2n) is 5.44. The Labute approximate surface area is 117 Å². The van der Waals surface area contributed by atoms with Gasteiger partial charge in [-0.05, 0) is 39.0 Å². The standard InChI is InChI=1S/C14H17ClFN3/c1-14(2,3)19-9-10(8-18-19)7-17-13-5-4-11(15)6-12(13)16/h4-6,8-9,17H,7H2,1-3H3. The maximum Gasteiger partial charge on any atom is 0.147 e. The largest absolute Gasteiger partial charge is 0.378 e. The summed E-state index contributed by atoms with van der Waals surface area (Å²) < 4.78 is 15.5. The van der Waals surface area contributed by atoms with Crippen molar-refractivity contribution in [2.24, 2.45) is 0 Å². The molecular formula is C14H17ClFN3. The van der Waals surface area contributed by atoms with Crippen molar-refractivity contribution in [3.05, 3.63) is 47.0 Å². The zero-order valence-corrected chi connectivity index (χ0v) is 12.0. The predicted molar refractivity (Wildman–Crippen MR) is 76.0 cm³/mol. The fraction of sp³-hybridized carbons (Fsp3) is 0.357. The molecule has 0 saturated heterocycles. The maximum absolute atomic E-state index is 13.6. The summed E-state index contributed by atoms with van der Waals surface area (Å²) in [5, 5.41) is 7.72. The van der Waals surface area contributed by atoms with Gasteiger partial charge in [0.05, 0.1) is 17.4 Å². The van der Waals surface area contributed by atoms with E-state index in [1.165, 1.54) is 6.07 Å². The SMILES string of the molecule is CC(C)(C)n1cc(CNc2ccc(Cl)cc2F)cn1. The Morgan fingerprint density at radius 2 is 2.11 bits per heavy atom. The molecule has 2 rings (SSSR count). The molecule has 0 bridgehead atoms. The highest BCUT2D eigenvalue weighted by Crippen LogP contribution is 2.20. The van der Waals surface area contributed by atoms with Crippen molar-refractivity contribution < 1.29 is 4.39 Å². The highest BCUT2D eigenvalue weighted by Gasteiger charge is 2.13. The summed E-state index contributed by atoms with van der Waals surface area (Å²) in [4.78, 5) is 0. The normalized spacial score (nSPS) is 11.6. The molecule has 0 aliphatic carbocycles. The van der Waals surface area contributed by atoms with Gasteiger partial charge in [-0.2, -0.15) is 5.10 Å². The minimum atomic E-state index is -0.351. The fourth-order valence-corrected chi connectivity index (χ4v) is 1.81. The van der Waals surface area contributed by atoms with Crippen LogP contribution in [0, 0.1) is 5.82 Å². The molecule has 19 heavy (non-hydrogen) atoms. The highest BCUT2D eigenvalue weighted by molar-refractivity contribution is 6.30. The van der Waals surface area contributed by atoms with Gasteiger partial charge >= 0.3 is 0 Å². The van der Waals surface area contributed by atoms with Crippen molar-refractivity contribution >= 4 is 17.3 Å². The van der Waals surface area contributed by atoms with Gasteiger partial charge in [0.2, 0.25) is 0 Å². The molecule has 0 saturated carbocycles. The van der Waals surface area contributed by atoms with Crippen molar-refractivity contribution in [2.75, 3.05) is 5.32 Å². The van der Waals surface area contributed by atoms with E-state index in [9.17, 15) is 4.39 Å². The number of hydrogen-bond donors (Lipinski definition) is 1. The number of benzene rings is 1. The summed E-state index contributed by atoms with van der Waals surface area (Å²) in [7, 11) is 0. The van der Waals surface area contributed by atoms with E-state index in [2.05, 4.69) is 31.2 Å². The number of aromatic nitrogens is 2. The van der Waals surface area contributed by atoms with Gasteiger partial charge in [-0.1, -0.05) is 11.6 Å². The lowest BCUT2D eigenvalue weighted by molar-refractivity contribution is 0.355. The van der Waals surface area contributed by atoms with Crippen molar-refractivity contribution in [3.8, 4) is 0 Å². The molecule has 0 aliphatic heterocycles. The quantitative estimate of drug-likeness (QED) is 0.920. The van der Waals surface area contributed by atoms with Crippen LogP contribution < -0.4 is 5.32 Å². The van der Waals surface area contributed by atoms with Crippen LogP contribution in [0.5, 0.6) is 0 Å². The molecule has 0 atom stereocenters. The smallest absolute Gasteiger partial charge is 0.147 e. The van der Waals surface area contributed by atoms with Gasteiger partial charge in [0.25, 0.3) is 0 Å². The predicted octanol–water partition coefficient (Wildman–Crippen LogP) is 4.04. The average molecular weight is 282 g/mol. The Morgan fingerprint density at radius 3 is 2.68 bits per heavy atom. The second kappa shape index (κ2) is 5.21. The number of nitrogens with zero attached hydrogens (tertiary/aromatic N) is 2. The number of anilines is 1. The van der Waals surface area contributed by atoms with E-state index in [0.717, 1.165) is 5.56 Å². The summed E-state index contributed by atoms with van der Waals surface area (Å²) in [6, 6.07) is 4.58. The Balaban J connectivity index is 2.04. The molecule has 5 heteroatoms. The Kier molecular flexibility index (Phi) is 3.80. The first-order valence-electron chi connectivity index (χ1n) is 6.09. The van der Waals surface area contributed by atoms with E-state index in [1.807, 2.05) is 10.9 Å². The molecule has 1 N–H and O–H groups in total. The third kappa shape index (κ3) is 3.47. The Bertz CT molecular complexity index is 572. The summed E-state index contributed by atoms with van der Waals surface area (Å²) in [6.45, 7) is 6.76. The molecule has 1 heterocycles. The van der Waals surface area contributed by atoms with E-state index >= 15 is 0 Å². The van der Waals surface area contributed by atoms with Crippen molar-refractivity contribution in [3.63, 3.8) is 0 Å².